The summed E-state index contributed by atoms with van der Waals surface area (Å²) in [5.74, 6) is -0.182. The predicted molar refractivity (Wildman–Crippen MR) is 94.0 cm³/mol. The molecule has 1 aliphatic rings. The largest absolute Gasteiger partial charge is 0.482 e. The van der Waals surface area contributed by atoms with Crippen LogP contribution in [0.5, 0.6) is 5.75 Å². The summed E-state index contributed by atoms with van der Waals surface area (Å²) in [6, 6.07) is 10.9. The van der Waals surface area contributed by atoms with E-state index in [1.165, 1.54) is 6.26 Å². The van der Waals surface area contributed by atoms with Gasteiger partial charge in [0, 0.05) is 31.2 Å². The van der Waals surface area contributed by atoms with Crippen molar-refractivity contribution in [2.75, 3.05) is 19.7 Å². The van der Waals surface area contributed by atoms with Gasteiger partial charge in [-0.05, 0) is 31.0 Å². The monoisotopic (exact) mass is 358 g/mol. The van der Waals surface area contributed by atoms with E-state index in [4.69, 9.17) is 14.3 Å². The first-order valence-electron chi connectivity index (χ1n) is 8.62. The molecule has 0 bridgehead atoms. The molecule has 0 radical (unpaired) electrons. The van der Waals surface area contributed by atoms with Crippen LogP contribution in [0.1, 0.15) is 29.0 Å². The van der Waals surface area contributed by atoms with Gasteiger partial charge in [0.05, 0.1) is 6.26 Å². The average Bonchev–Trinajstić information content (AvgIpc) is 3.19. The third-order valence-electron chi connectivity index (χ3n) is 4.35. The molecule has 1 aliphatic heterocycles. The van der Waals surface area contributed by atoms with Crippen LogP contribution in [-0.2, 0) is 11.3 Å². The molecule has 1 atom stereocenters. The molecule has 1 aromatic carbocycles. The van der Waals surface area contributed by atoms with Gasteiger partial charge in [-0.3, -0.25) is 4.79 Å². The summed E-state index contributed by atoms with van der Waals surface area (Å²) in [4.78, 5) is 24.9. The number of aliphatic carboxylic acids is 1. The number of rotatable bonds is 7. The molecule has 2 heterocycles. The molecular formula is C19H22N2O5. The molecule has 0 spiro atoms. The van der Waals surface area contributed by atoms with Gasteiger partial charge < -0.3 is 24.5 Å². The Balaban J connectivity index is 1.56. The van der Waals surface area contributed by atoms with Crippen LogP contribution < -0.4 is 10.1 Å². The Kier molecular flexibility index (Phi) is 5.91. The van der Waals surface area contributed by atoms with Crippen molar-refractivity contribution in [2.45, 2.75) is 25.4 Å². The van der Waals surface area contributed by atoms with Crippen molar-refractivity contribution in [3.05, 3.63) is 54.0 Å². The lowest BCUT2D eigenvalue weighted by Gasteiger charge is -2.33. The third kappa shape index (κ3) is 4.64. The van der Waals surface area contributed by atoms with Crippen LogP contribution in [0.25, 0.3) is 0 Å². The van der Waals surface area contributed by atoms with E-state index in [9.17, 15) is 9.59 Å². The zero-order valence-electron chi connectivity index (χ0n) is 14.4. The molecule has 0 saturated carbocycles. The van der Waals surface area contributed by atoms with E-state index in [0.717, 1.165) is 24.9 Å². The van der Waals surface area contributed by atoms with Crippen LogP contribution in [0, 0.1) is 0 Å². The first-order chi connectivity index (χ1) is 12.6. The Morgan fingerprint density at radius 1 is 1.27 bits per heavy atom. The van der Waals surface area contributed by atoms with Crippen molar-refractivity contribution in [2.24, 2.45) is 0 Å². The van der Waals surface area contributed by atoms with Gasteiger partial charge in [-0.1, -0.05) is 18.2 Å². The molecule has 0 aliphatic carbocycles. The Morgan fingerprint density at radius 3 is 2.88 bits per heavy atom. The van der Waals surface area contributed by atoms with Gasteiger partial charge in [-0.15, -0.1) is 0 Å². The summed E-state index contributed by atoms with van der Waals surface area (Å²) >= 11 is 0. The number of furan rings is 1. The van der Waals surface area contributed by atoms with Crippen molar-refractivity contribution in [1.82, 2.24) is 10.2 Å². The fourth-order valence-electron chi connectivity index (χ4n) is 3.07. The van der Waals surface area contributed by atoms with Crippen LogP contribution in [0.3, 0.4) is 0 Å². The molecule has 1 fully saturated rings. The fourth-order valence-corrected chi connectivity index (χ4v) is 3.07. The molecule has 1 saturated heterocycles. The zero-order chi connectivity index (χ0) is 18.4. The number of piperidine rings is 1. The number of nitrogens with zero attached hydrogens (tertiary/aromatic N) is 1. The second kappa shape index (κ2) is 8.53. The summed E-state index contributed by atoms with van der Waals surface area (Å²) in [6.45, 7) is 1.50. The van der Waals surface area contributed by atoms with Crippen LogP contribution in [-0.4, -0.2) is 47.6 Å². The van der Waals surface area contributed by atoms with E-state index in [1.54, 1.807) is 23.1 Å². The fraction of sp³-hybridized carbons (Fsp3) is 0.368. The smallest absolute Gasteiger partial charge is 0.341 e. The number of amides is 1. The molecule has 2 aromatic rings. The molecule has 7 heteroatoms. The highest BCUT2D eigenvalue weighted by Crippen LogP contribution is 2.19. The lowest BCUT2D eigenvalue weighted by Crippen LogP contribution is -2.47. The summed E-state index contributed by atoms with van der Waals surface area (Å²) < 4.78 is 10.5. The average molecular weight is 358 g/mol. The standard InChI is InChI=1S/C19H22N2O5/c22-18(23)13-26-16-7-2-1-5-14(16)11-20-15-6-3-9-21(12-15)19(24)17-8-4-10-25-17/h1-2,4-5,7-8,10,15,20H,3,6,9,11-13H2,(H,22,23). The number of carbonyl (C=O) groups excluding carboxylic acids is 1. The van der Waals surface area contributed by atoms with Crippen molar-refractivity contribution < 1.29 is 23.8 Å². The van der Waals surface area contributed by atoms with Gasteiger partial charge in [-0.2, -0.15) is 0 Å². The Labute approximate surface area is 151 Å². The minimum absolute atomic E-state index is 0.0910. The SMILES string of the molecule is O=C(O)COc1ccccc1CNC1CCCN(C(=O)c2ccco2)C1. The lowest BCUT2D eigenvalue weighted by molar-refractivity contribution is -0.139. The zero-order valence-corrected chi connectivity index (χ0v) is 14.4. The van der Waals surface area contributed by atoms with Crippen LogP contribution in [0.15, 0.2) is 47.1 Å². The maximum atomic E-state index is 12.4. The molecule has 1 amide bonds. The maximum Gasteiger partial charge on any atom is 0.341 e. The summed E-state index contributed by atoms with van der Waals surface area (Å²) in [6.07, 6.45) is 3.39. The molecule has 1 aromatic heterocycles. The number of carboxylic acid groups (broad SMARTS) is 1. The van der Waals surface area contributed by atoms with E-state index < -0.39 is 5.97 Å². The summed E-state index contributed by atoms with van der Waals surface area (Å²) in [5, 5.41) is 12.2. The summed E-state index contributed by atoms with van der Waals surface area (Å²) in [7, 11) is 0. The number of ether oxygens (including phenoxy) is 1. The van der Waals surface area contributed by atoms with Crippen LogP contribution in [0.4, 0.5) is 0 Å². The van der Waals surface area contributed by atoms with Crippen molar-refractivity contribution in [1.29, 1.82) is 0 Å². The number of benzene rings is 1. The van der Waals surface area contributed by atoms with Gasteiger partial charge in [0.25, 0.3) is 5.91 Å². The molecule has 2 N–H and O–H groups in total. The normalized spacial score (nSPS) is 17.1. The molecular weight excluding hydrogens is 336 g/mol. The third-order valence-corrected chi connectivity index (χ3v) is 4.35. The quantitative estimate of drug-likeness (QED) is 0.788. The molecule has 1 unspecified atom stereocenters. The number of likely N-dealkylation sites (tertiary alicyclic amines) is 1. The maximum absolute atomic E-state index is 12.4. The highest BCUT2D eigenvalue weighted by molar-refractivity contribution is 5.91. The summed E-state index contributed by atoms with van der Waals surface area (Å²) in [5.41, 5.74) is 0.892. The topological polar surface area (TPSA) is 92.0 Å². The Bertz CT molecular complexity index is 744. The van der Waals surface area contributed by atoms with E-state index in [2.05, 4.69) is 5.32 Å². The van der Waals surface area contributed by atoms with Crippen LogP contribution in [0.2, 0.25) is 0 Å². The molecule has 26 heavy (non-hydrogen) atoms. The second-order valence-corrected chi connectivity index (χ2v) is 6.24. The van der Waals surface area contributed by atoms with Gasteiger partial charge in [0.15, 0.2) is 12.4 Å². The molecule has 138 valence electrons. The van der Waals surface area contributed by atoms with Gasteiger partial charge in [0.1, 0.15) is 5.75 Å². The number of nitrogens with one attached hydrogen (secondary N) is 1. The highest BCUT2D eigenvalue weighted by atomic mass is 16.5. The Morgan fingerprint density at radius 2 is 2.12 bits per heavy atom. The minimum Gasteiger partial charge on any atom is -0.482 e. The van der Waals surface area contributed by atoms with Gasteiger partial charge in [0.2, 0.25) is 0 Å². The number of hydrogen-bond donors (Lipinski definition) is 2. The number of para-hydroxylation sites is 1. The van der Waals surface area contributed by atoms with E-state index in [1.807, 2.05) is 18.2 Å². The first kappa shape index (κ1) is 18.0. The number of carboxylic acids is 1. The van der Waals surface area contributed by atoms with Gasteiger partial charge in [-0.25, -0.2) is 4.79 Å². The van der Waals surface area contributed by atoms with Crippen molar-refractivity contribution in [3.8, 4) is 5.75 Å². The van der Waals surface area contributed by atoms with E-state index in [-0.39, 0.29) is 18.6 Å². The molecule has 7 nitrogen and oxygen atoms in total. The second-order valence-electron chi connectivity index (χ2n) is 6.24. The van der Waals surface area contributed by atoms with Crippen molar-refractivity contribution in [3.63, 3.8) is 0 Å². The first-order valence-corrected chi connectivity index (χ1v) is 8.62. The predicted octanol–water partition coefficient (Wildman–Crippen LogP) is 2.14. The van der Waals surface area contributed by atoms with E-state index >= 15 is 0 Å². The van der Waals surface area contributed by atoms with Gasteiger partial charge >= 0.3 is 5.97 Å². The minimum atomic E-state index is -1.01. The molecule has 3 rings (SSSR count). The number of carbonyl (C=O) groups is 2. The van der Waals surface area contributed by atoms with Crippen molar-refractivity contribution >= 4 is 11.9 Å². The number of hydrogen-bond acceptors (Lipinski definition) is 5. The lowest BCUT2D eigenvalue weighted by atomic mass is 10.0. The Hall–Kier alpha value is -2.80. The van der Waals surface area contributed by atoms with E-state index in [0.29, 0.717) is 24.6 Å². The highest BCUT2D eigenvalue weighted by Gasteiger charge is 2.25. The van der Waals surface area contributed by atoms with Crippen LogP contribution >= 0.6 is 0 Å².